The zero-order valence-corrected chi connectivity index (χ0v) is 60.7. The number of amides is 3. The number of carbonyl (C=O) groups excluding carboxylic acids is 3. The summed E-state index contributed by atoms with van der Waals surface area (Å²) in [6.45, 7) is 9.24. The summed E-state index contributed by atoms with van der Waals surface area (Å²) in [5, 5.41) is 39.1. The number of nitrogens with zero attached hydrogens (tertiary/aromatic N) is 15. The monoisotopic (exact) mass is 1520 g/mol. The molecule has 9 aromatic rings. The van der Waals surface area contributed by atoms with Crippen LogP contribution in [0.3, 0.4) is 0 Å². The molecule has 3 fully saturated rings. The first kappa shape index (κ1) is 83.6. The Hall–Kier alpha value is -10.7. The smallest absolute Gasteiger partial charge is 0.357 e. The van der Waals surface area contributed by atoms with E-state index in [0.29, 0.717) is 177 Å². The highest BCUT2D eigenvalue weighted by Gasteiger charge is 2.37. The van der Waals surface area contributed by atoms with Gasteiger partial charge in [0, 0.05) is 136 Å². The highest BCUT2D eigenvalue weighted by molar-refractivity contribution is 6.32. The van der Waals surface area contributed by atoms with E-state index in [9.17, 15) is 59.1 Å². The topological polar surface area (TPSA) is 311 Å². The van der Waals surface area contributed by atoms with E-state index in [0.717, 1.165) is 18.7 Å². The summed E-state index contributed by atoms with van der Waals surface area (Å²) in [5.41, 5.74) is 0.990. The zero-order chi connectivity index (χ0) is 74.8. The van der Waals surface area contributed by atoms with Crippen LogP contribution < -0.4 is 36.1 Å². The Morgan fingerprint density at radius 1 is 0.458 bits per heavy atom. The minimum absolute atomic E-state index is 0. The lowest BCUT2D eigenvalue weighted by atomic mass is 10.1. The van der Waals surface area contributed by atoms with Crippen LogP contribution in [0.2, 0.25) is 10.0 Å². The van der Waals surface area contributed by atoms with Gasteiger partial charge in [-0.25, -0.2) is 0 Å². The molecule has 0 radical (unpaired) electrons. The fourth-order valence-corrected chi connectivity index (χ4v) is 13.6. The molecule has 0 spiro atoms. The van der Waals surface area contributed by atoms with E-state index in [1.807, 2.05) is 87.0 Å². The van der Waals surface area contributed by atoms with Gasteiger partial charge >= 0.3 is 33.7 Å². The lowest BCUT2D eigenvalue weighted by Gasteiger charge is -2.36. The number of hydrogen-bond donors (Lipinski definition) is 0. The third-order valence-electron chi connectivity index (χ3n) is 18.5. The summed E-state index contributed by atoms with van der Waals surface area (Å²) in [7, 11) is 13.1. The predicted octanol–water partition coefficient (Wildman–Crippen LogP) is 10.8. The molecule has 0 N–H and O–H groups in total. The van der Waals surface area contributed by atoms with Gasteiger partial charge in [0.25, 0.3) is 17.7 Å². The molecule has 8 heterocycles. The van der Waals surface area contributed by atoms with Crippen LogP contribution in [0.25, 0.3) is 32.7 Å². The number of halogens is 2. The number of nitro groups is 3. The van der Waals surface area contributed by atoms with Crippen molar-refractivity contribution in [1.29, 1.82) is 0 Å². The van der Waals surface area contributed by atoms with Crippen molar-refractivity contribution in [3.05, 3.63) is 210 Å². The molecule has 32 heteroatoms. The molecule has 5 aromatic heterocycles. The molecular formula is C75H95Cl2N15O15. The number of methoxy groups -OCH3 is 1. The highest BCUT2D eigenvalue weighted by atomic mass is 35.5. The molecule has 574 valence electrons. The Morgan fingerprint density at radius 2 is 0.794 bits per heavy atom. The molecule has 0 atom stereocenters. The number of hydrogen-bond acceptors (Lipinski definition) is 21. The second-order valence-electron chi connectivity index (χ2n) is 26.2. The molecule has 0 unspecified atom stereocenters. The van der Waals surface area contributed by atoms with Gasteiger partial charge in [0.15, 0.2) is 11.5 Å². The molecule has 3 aliphatic heterocycles. The average molecular weight is 1520 g/mol. The van der Waals surface area contributed by atoms with E-state index in [2.05, 4.69) is 0 Å². The van der Waals surface area contributed by atoms with E-state index in [1.165, 1.54) is 26.2 Å². The van der Waals surface area contributed by atoms with E-state index in [-0.39, 0.29) is 62.9 Å². The van der Waals surface area contributed by atoms with E-state index in [4.69, 9.17) is 36.8 Å². The predicted molar refractivity (Wildman–Crippen MR) is 419 cm³/mol. The SMILES string of the molecule is C.C.C.CN(C)CCCn1c(=O)c([N+](=O)[O-])c(N2CCN(C(=O)c3ccco3)CC2)c2cc(Cl)ccc21.CN(C)CCn1c(=O)c([N+](=O)[O-])c(N2CCN(C(=O)c3ccco3)CC2)c2cc(Cl)ccc21.COc1ccc(C(=O)N2CCN(c3c([N+](=O)[O-])c(=O)n(CCCN(C)C)c4ccc(C)cc34)CC2)cc1. The number of benzene rings is 4. The third-order valence-corrected chi connectivity index (χ3v) is 18.9. The largest absolute Gasteiger partial charge is 0.497 e. The van der Waals surface area contributed by atoms with Crippen molar-refractivity contribution in [2.24, 2.45) is 0 Å². The molecule has 0 aliphatic carbocycles. The number of aromatic nitrogens is 3. The normalized spacial score (nSPS) is 13.7. The number of fused-ring (bicyclic) bond motifs is 3. The van der Waals surface area contributed by atoms with Crippen molar-refractivity contribution in [2.75, 3.05) is 162 Å². The van der Waals surface area contributed by atoms with Crippen LogP contribution in [0.4, 0.5) is 34.1 Å². The number of ether oxygens (including phenoxy) is 1. The van der Waals surface area contributed by atoms with Gasteiger partial charge in [0.1, 0.15) is 22.8 Å². The van der Waals surface area contributed by atoms with Crippen molar-refractivity contribution in [1.82, 2.24) is 43.1 Å². The van der Waals surface area contributed by atoms with Crippen molar-refractivity contribution >= 4 is 108 Å². The molecule has 3 saturated heterocycles. The Labute approximate surface area is 630 Å². The van der Waals surface area contributed by atoms with Gasteiger partial charge in [-0.15, -0.1) is 0 Å². The molecule has 4 aromatic carbocycles. The van der Waals surface area contributed by atoms with Gasteiger partial charge in [0.2, 0.25) is 0 Å². The number of pyridine rings is 3. The van der Waals surface area contributed by atoms with Crippen LogP contribution in [-0.4, -0.2) is 223 Å². The van der Waals surface area contributed by atoms with Crippen LogP contribution in [0.5, 0.6) is 5.75 Å². The Kier molecular flexibility index (Phi) is 28.9. The van der Waals surface area contributed by atoms with E-state index < -0.39 is 48.5 Å². The number of rotatable bonds is 21. The van der Waals surface area contributed by atoms with Gasteiger partial charge in [-0.1, -0.05) is 57.1 Å². The standard InChI is InChI=1S/C27H33N5O5.C23H26ClN5O5.C22H24ClN5O5.3CH4/c1-19-6-11-23-22(18-19)24(25(32(35)36)27(34)31(23)13-5-12-28(2)3)29-14-16-30(17-15-29)26(33)20-7-9-21(37-4)10-8-20;1-25(2)8-4-9-28-18-7-6-16(24)15-17(18)20(21(23(28)31)29(32)33)26-10-12-27(13-11-26)22(30)19-5-3-14-34-19;1-24(2)7-12-27-17-6-5-15(23)14-16(17)19(20(22(27)30)28(31)32)25-8-10-26(11-9-25)21(29)18-4-3-13-33-18;;;/h6-11,18H,5,12-17H2,1-4H3;3,5-7,14-15H,4,8-13H2,1-2H3;3-6,13-14H,7-12H2,1-2H3;3*1H4. The van der Waals surface area contributed by atoms with E-state index in [1.54, 1.807) is 117 Å². The molecule has 30 nitrogen and oxygen atoms in total. The number of anilines is 3. The van der Waals surface area contributed by atoms with Crippen molar-refractivity contribution < 1.29 is 42.7 Å². The van der Waals surface area contributed by atoms with Gasteiger partial charge in [0.05, 0.1) is 51.0 Å². The summed E-state index contributed by atoms with van der Waals surface area (Å²) in [6.07, 6.45) is 4.23. The lowest BCUT2D eigenvalue weighted by molar-refractivity contribution is -0.385. The number of aryl methyl sites for hydroxylation is 3. The Bertz CT molecular complexity index is 4830. The van der Waals surface area contributed by atoms with Crippen molar-refractivity contribution in [2.45, 2.75) is 61.7 Å². The maximum absolute atomic E-state index is 13.5. The molecule has 3 aliphatic rings. The fourth-order valence-electron chi connectivity index (χ4n) is 13.3. The Balaban J connectivity index is 0.000000221. The van der Waals surface area contributed by atoms with Crippen molar-refractivity contribution in [3.8, 4) is 5.75 Å². The molecule has 0 saturated carbocycles. The maximum Gasteiger partial charge on any atom is 0.357 e. The van der Waals surface area contributed by atoms with Crippen LogP contribution in [0, 0.1) is 37.3 Å². The zero-order valence-electron chi connectivity index (χ0n) is 59.2. The molecule has 3 amide bonds. The maximum atomic E-state index is 13.5. The summed E-state index contributed by atoms with van der Waals surface area (Å²) < 4.78 is 20.0. The third kappa shape index (κ3) is 19.0. The van der Waals surface area contributed by atoms with Crippen LogP contribution >= 0.6 is 23.2 Å². The first-order chi connectivity index (χ1) is 49.8. The Morgan fingerprint density at radius 3 is 1.12 bits per heavy atom. The quantitative estimate of drug-likeness (QED) is 0.0476. The summed E-state index contributed by atoms with van der Waals surface area (Å²) in [6, 6.07) is 29.3. The number of carbonyl (C=O) groups is 3. The van der Waals surface area contributed by atoms with Gasteiger partial charge in [-0.3, -0.25) is 59.1 Å². The summed E-state index contributed by atoms with van der Waals surface area (Å²) in [4.78, 5) is 129. The van der Waals surface area contributed by atoms with Gasteiger partial charge in [-0.05, 0) is 172 Å². The molecule has 0 bridgehead atoms. The van der Waals surface area contributed by atoms with Gasteiger partial charge in [-0.2, -0.15) is 0 Å². The fraction of sp³-hybridized carbons (Fsp3) is 0.413. The van der Waals surface area contributed by atoms with Crippen LogP contribution in [0.1, 0.15) is 72.2 Å². The first-order valence-electron chi connectivity index (χ1n) is 33.9. The second kappa shape index (κ2) is 37.0. The highest BCUT2D eigenvalue weighted by Crippen LogP contribution is 2.39. The van der Waals surface area contributed by atoms with Crippen LogP contribution in [-0.2, 0) is 19.6 Å². The number of piperazine rings is 3. The van der Waals surface area contributed by atoms with Crippen LogP contribution in [0.15, 0.2) is 139 Å². The number of likely N-dealkylation sites (N-methyl/N-ethyl adjacent to an activating group) is 1. The summed E-state index contributed by atoms with van der Waals surface area (Å²) >= 11 is 12.5. The second-order valence-corrected chi connectivity index (χ2v) is 27.1. The van der Waals surface area contributed by atoms with Crippen molar-refractivity contribution in [3.63, 3.8) is 0 Å². The first-order valence-corrected chi connectivity index (χ1v) is 34.6. The van der Waals surface area contributed by atoms with Gasteiger partial charge < -0.3 is 71.4 Å². The minimum Gasteiger partial charge on any atom is -0.497 e. The molecule has 12 rings (SSSR count). The lowest BCUT2D eigenvalue weighted by Crippen LogP contribution is -2.49. The molecule has 107 heavy (non-hydrogen) atoms. The average Bonchev–Trinajstić information content (AvgIpc) is 1.04. The number of furan rings is 2. The summed E-state index contributed by atoms with van der Waals surface area (Å²) in [5.74, 6) is 0.595. The molecular weight excluding hydrogens is 1420 g/mol. The van der Waals surface area contributed by atoms with E-state index >= 15 is 0 Å². The minimum atomic E-state index is -0.652.